The third-order valence-corrected chi connectivity index (χ3v) is 1.57. The first-order chi connectivity index (χ1) is 5.09. The van der Waals surface area contributed by atoms with E-state index in [0.29, 0.717) is 0 Å². The lowest BCUT2D eigenvalue weighted by molar-refractivity contribution is -0.122. The third kappa shape index (κ3) is 5.85. The summed E-state index contributed by atoms with van der Waals surface area (Å²) in [6.45, 7) is 8.63. The molecule has 0 radical (unpaired) electrons. The van der Waals surface area contributed by atoms with Gasteiger partial charge in [0.2, 0.25) is 5.91 Å². The standard InChI is InChI=1S/C6H14N2O.C2H6/c1-4-8(3)5(2)6(7)9;1-2/h5H,4H2,1-3H3,(H2,7,9);1-2H3. The van der Waals surface area contributed by atoms with Gasteiger partial charge in [0.1, 0.15) is 0 Å². The Morgan fingerprint density at radius 3 is 2.00 bits per heavy atom. The van der Waals surface area contributed by atoms with Crippen molar-refractivity contribution in [3.05, 3.63) is 0 Å². The smallest absolute Gasteiger partial charge is 0.234 e. The number of hydrogen-bond donors (Lipinski definition) is 1. The fourth-order valence-corrected chi connectivity index (χ4v) is 0.491. The van der Waals surface area contributed by atoms with Gasteiger partial charge in [-0.3, -0.25) is 9.69 Å². The van der Waals surface area contributed by atoms with Gasteiger partial charge in [0.05, 0.1) is 6.04 Å². The summed E-state index contributed by atoms with van der Waals surface area (Å²) in [6, 6.07) is -0.144. The molecule has 3 nitrogen and oxygen atoms in total. The minimum Gasteiger partial charge on any atom is -0.368 e. The summed E-state index contributed by atoms with van der Waals surface area (Å²) in [5, 5.41) is 0. The Labute approximate surface area is 69.6 Å². The van der Waals surface area contributed by atoms with Crippen LogP contribution < -0.4 is 5.73 Å². The van der Waals surface area contributed by atoms with Gasteiger partial charge in [-0.05, 0) is 20.5 Å². The summed E-state index contributed by atoms with van der Waals surface area (Å²) in [6.07, 6.45) is 0. The predicted molar refractivity (Wildman–Crippen MR) is 48.3 cm³/mol. The number of hydrogen-bond acceptors (Lipinski definition) is 2. The molecule has 0 fully saturated rings. The Morgan fingerprint density at radius 2 is 1.91 bits per heavy atom. The van der Waals surface area contributed by atoms with Crippen LogP contribution in [0.4, 0.5) is 0 Å². The van der Waals surface area contributed by atoms with Gasteiger partial charge in [-0.1, -0.05) is 20.8 Å². The largest absolute Gasteiger partial charge is 0.368 e. The number of carbonyl (C=O) groups is 1. The molecule has 0 aliphatic rings. The molecule has 68 valence electrons. The van der Waals surface area contributed by atoms with E-state index in [1.807, 2.05) is 32.7 Å². The van der Waals surface area contributed by atoms with Gasteiger partial charge in [-0.15, -0.1) is 0 Å². The molecule has 1 amide bonds. The van der Waals surface area contributed by atoms with E-state index in [1.54, 1.807) is 6.92 Å². The Balaban J connectivity index is 0. The maximum atomic E-state index is 10.5. The average molecular weight is 160 g/mol. The Hall–Kier alpha value is -0.570. The first-order valence-electron chi connectivity index (χ1n) is 4.09. The van der Waals surface area contributed by atoms with Crippen LogP contribution in [0.2, 0.25) is 0 Å². The molecule has 0 saturated heterocycles. The minimum atomic E-state index is -0.264. The SMILES string of the molecule is CC.CCN(C)C(C)C(N)=O. The molecule has 0 saturated carbocycles. The lowest BCUT2D eigenvalue weighted by Crippen LogP contribution is -2.39. The monoisotopic (exact) mass is 160 g/mol. The van der Waals surface area contributed by atoms with Crippen molar-refractivity contribution >= 4 is 5.91 Å². The zero-order chi connectivity index (χ0) is 9.44. The molecule has 0 aromatic rings. The first-order valence-corrected chi connectivity index (χ1v) is 4.09. The number of rotatable bonds is 3. The van der Waals surface area contributed by atoms with Crippen LogP contribution >= 0.6 is 0 Å². The predicted octanol–water partition coefficient (Wildman–Crippen LogP) is 0.838. The van der Waals surface area contributed by atoms with E-state index in [9.17, 15) is 4.79 Å². The van der Waals surface area contributed by atoms with Crippen molar-refractivity contribution in [3.63, 3.8) is 0 Å². The van der Waals surface area contributed by atoms with Crippen LogP contribution in [-0.2, 0) is 4.79 Å². The van der Waals surface area contributed by atoms with Gasteiger partial charge in [0, 0.05) is 0 Å². The van der Waals surface area contributed by atoms with Gasteiger partial charge in [-0.2, -0.15) is 0 Å². The van der Waals surface area contributed by atoms with Crippen molar-refractivity contribution in [3.8, 4) is 0 Å². The van der Waals surface area contributed by atoms with Crippen LogP contribution in [0, 0.1) is 0 Å². The van der Waals surface area contributed by atoms with E-state index in [0.717, 1.165) is 6.54 Å². The van der Waals surface area contributed by atoms with E-state index in [4.69, 9.17) is 5.73 Å². The summed E-state index contributed by atoms with van der Waals surface area (Å²) in [7, 11) is 1.87. The Morgan fingerprint density at radius 1 is 1.55 bits per heavy atom. The van der Waals surface area contributed by atoms with E-state index >= 15 is 0 Å². The number of amides is 1. The van der Waals surface area contributed by atoms with Crippen LogP contribution in [0.3, 0.4) is 0 Å². The van der Waals surface area contributed by atoms with Crippen molar-refractivity contribution in [2.45, 2.75) is 33.7 Å². The second-order valence-electron chi connectivity index (χ2n) is 2.15. The third-order valence-electron chi connectivity index (χ3n) is 1.57. The topological polar surface area (TPSA) is 46.3 Å². The molecular weight excluding hydrogens is 140 g/mol. The van der Waals surface area contributed by atoms with E-state index in [-0.39, 0.29) is 11.9 Å². The second kappa shape index (κ2) is 7.54. The molecule has 0 heterocycles. The molecule has 0 aromatic heterocycles. The van der Waals surface area contributed by atoms with Crippen molar-refractivity contribution in [1.82, 2.24) is 4.90 Å². The molecule has 0 rings (SSSR count). The van der Waals surface area contributed by atoms with E-state index < -0.39 is 0 Å². The van der Waals surface area contributed by atoms with Crippen LogP contribution in [0.15, 0.2) is 0 Å². The zero-order valence-electron chi connectivity index (χ0n) is 8.22. The van der Waals surface area contributed by atoms with Crippen molar-refractivity contribution < 1.29 is 4.79 Å². The van der Waals surface area contributed by atoms with Crippen LogP contribution in [-0.4, -0.2) is 30.4 Å². The normalized spacial score (nSPS) is 11.8. The van der Waals surface area contributed by atoms with Gasteiger partial charge in [0.25, 0.3) is 0 Å². The van der Waals surface area contributed by atoms with Crippen molar-refractivity contribution in [1.29, 1.82) is 0 Å². The Bertz CT molecular complexity index is 104. The number of nitrogens with two attached hydrogens (primary N) is 1. The highest BCUT2D eigenvalue weighted by atomic mass is 16.1. The van der Waals surface area contributed by atoms with E-state index in [2.05, 4.69) is 0 Å². The molecule has 0 aliphatic carbocycles. The molecule has 2 N–H and O–H groups in total. The first kappa shape index (κ1) is 13.1. The van der Waals surface area contributed by atoms with Gasteiger partial charge < -0.3 is 5.73 Å². The van der Waals surface area contributed by atoms with Crippen LogP contribution in [0.1, 0.15) is 27.7 Å². The van der Waals surface area contributed by atoms with Crippen molar-refractivity contribution in [2.24, 2.45) is 5.73 Å². The molecule has 11 heavy (non-hydrogen) atoms. The number of likely N-dealkylation sites (N-methyl/N-ethyl adjacent to an activating group) is 1. The van der Waals surface area contributed by atoms with Crippen molar-refractivity contribution in [2.75, 3.05) is 13.6 Å². The average Bonchev–Trinajstić information content (AvgIpc) is 2.05. The lowest BCUT2D eigenvalue weighted by atomic mass is 10.3. The molecule has 0 spiro atoms. The molecule has 0 aromatic carbocycles. The summed E-state index contributed by atoms with van der Waals surface area (Å²) < 4.78 is 0. The zero-order valence-corrected chi connectivity index (χ0v) is 8.22. The maximum Gasteiger partial charge on any atom is 0.234 e. The molecule has 0 aliphatic heterocycles. The highest BCUT2D eigenvalue weighted by molar-refractivity contribution is 5.79. The molecule has 3 heteroatoms. The van der Waals surface area contributed by atoms with Gasteiger partial charge in [0.15, 0.2) is 0 Å². The fraction of sp³-hybridized carbons (Fsp3) is 0.875. The second-order valence-corrected chi connectivity index (χ2v) is 2.15. The molecule has 1 unspecified atom stereocenters. The highest BCUT2D eigenvalue weighted by Crippen LogP contribution is 1.91. The quantitative estimate of drug-likeness (QED) is 0.665. The van der Waals surface area contributed by atoms with E-state index in [1.165, 1.54) is 0 Å². The van der Waals surface area contributed by atoms with Gasteiger partial charge >= 0.3 is 0 Å². The van der Waals surface area contributed by atoms with Crippen LogP contribution in [0.5, 0.6) is 0 Å². The maximum absolute atomic E-state index is 10.5. The van der Waals surface area contributed by atoms with Crippen LogP contribution in [0.25, 0.3) is 0 Å². The highest BCUT2D eigenvalue weighted by Gasteiger charge is 2.11. The summed E-state index contributed by atoms with van der Waals surface area (Å²) in [5.74, 6) is -0.264. The summed E-state index contributed by atoms with van der Waals surface area (Å²) in [5.41, 5.74) is 5.03. The molecule has 1 atom stereocenters. The lowest BCUT2D eigenvalue weighted by Gasteiger charge is -2.18. The molecular formula is C8H20N2O. The number of carbonyl (C=O) groups excluding carboxylic acids is 1. The summed E-state index contributed by atoms with van der Waals surface area (Å²) in [4.78, 5) is 12.4. The summed E-state index contributed by atoms with van der Waals surface area (Å²) >= 11 is 0. The fourth-order valence-electron chi connectivity index (χ4n) is 0.491. The van der Waals surface area contributed by atoms with Gasteiger partial charge in [-0.25, -0.2) is 0 Å². The number of primary amides is 1. The molecule has 0 bridgehead atoms. The minimum absolute atomic E-state index is 0.144. The Kier molecular flexibility index (Phi) is 8.94. The number of nitrogens with zero attached hydrogens (tertiary/aromatic N) is 1.